The fourth-order valence-corrected chi connectivity index (χ4v) is 0.365. The van der Waals surface area contributed by atoms with E-state index in [1.807, 2.05) is 13.8 Å². The Kier molecular flexibility index (Phi) is 9.58. The van der Waals surface area contributed by atoms with Gasteiger partial charge in [0.05, 0.1) is 0 Å². The van der Waals surface area contributed by atoms with Crippen LogP contribution >= 0.6 is 0 Å². The van der Waals surface area contributed by atoms with Crippen molar-refractivity contribution in [2.45, 2.75) is 47.6 Å². The number of Topliss-reactive ketones (excluding diaryl/α,β-unsaturated/α-hetero) is 1. The maximum Gasteiger partial charge on any atom is 0.132 e. The van der Waals surface area contributed by atoms with Gasteiger partial charge in [0.1, 0.15) is 5.78 Å². The lowest BCUT2D eigenvalue weighted by Gasteiger charge is -2.17. The van der Waals surface area contributed by atoms with Crippen LogP contribution in [-0.4, -0.2) is 30.3 Å². The number of hydrogen-bond acceptors (Lipinski definition) is 2. The first-order valence-corrected chi connectivity index (χ1v) is 5.03. The molecule has 0 spiro atoms. The van der Waals surface area contributed by atoms with Gasteiger partial charge >= 0.3 is 0 Å². The minimum absolute atomic E-state index is 0.213. The van der Waals surface area contributed by atoms with E-state index in [2.05, 4.69) is 32.7 Å². The standard InChI is InChI=1S/C6H15N.C5H10O/c1-5-7(4)6(2)3;1-4(2)5(3)6/h6H,5H2,1-4H3;4H,1-3H3. The van der Waals surface area contributed by atoms with Gasteiger partial charge in [-0.25, -0.2) is 0 Å². The zero-order chi connectivity index (χ0) is 11.0. The van der Waals surface area contributed by atoms with Crippen LogP contribution in [0.5, 0.6) is 0 Å². The lowest BCUT2D eigenvalue weighted by molar-refractivity contribution is -0.119. The van der Waals surface area contributed by atoms with Crippen molar-refractivity contribution in [1.82, 2.24) is 4.90 Å². The molecule has 0 N–H and O–H groups in total. The minimum atomic E-state index is 0.213. The van der Waals surface area contributed by atoms with E-state index in [1.165, 1.54) is 0 Å². The Bertz CT molecular complexity index is 130. The molecular formula is C11H25NO. The molecule has 0 aliphatic carbocycles. The Morgan fingerprint density at radius 2 is 1.54 bits per heavy atom. The van der Waals surface area contributed by atoms with E-state index in [-0.39, 0.29) is 11.7 Å². The minimum Gasteiger partial charge on any atom is -0.304 e. The summed E-state index contributed by atoms with van der Waals surface area (Å²) in [5.74, 6) is 0.472. The van der Waals surface area contributed by atoms with E-state index in [9.17, 15) is 4.79 Å². The van der Waals surface area contributed by atoms with Crippen LogP contribution in [0.15, 0.2) is 0 Å². The molecule has 13 heavy (non-hydrogen) atoms. The molecule has 0 saturated heterocycles. The van der Waals surface area contributed by atoms with Crippen LogP contribution in [-0.2, 0) is 4.79 Å². The van der Waals surface area contributed by atoms with Crippen LogP contribution < -0.4 is 0 Å². The molecule has 80 valence electrons. The molecule has 0 atom stereocenters. The predicted molar refractivity (Wildman–Crippen MR) is 59.0 cm³/mol. The molecule has 0 aliphatic heterocycles. The van der Waals surface area contributed by atoms with Crippen LogP contribution in [0.2, 0.25) is 0 Å². The fraction of sp³-hybridized carbons (Fsp3) is 0.909. The summed E-state index contributed by atoms with van der Waals surface area (Å²) in [6.45, 7) is 13.1. The summed E-state index contributed by atoms with van der Waals surface area (Å²) in [4.78, 5) is 12.4. The molecule has 0 heterocycles. The highest BCUT2D eigenvalue weighted by molar-refractivity contribution is 5.77. The average molecular weight is 187 g/mol. The Balaban J connectivity index is 0. The van der Waals surface area contributed by atoms with Crippen molar-refractivity contribution in [1.29, 1.82) is 0 Å². The fourth-order valence-electron chi connectivity index (χ4n) is 0.365. The van der Waals surface area contributed by atoms with Gasteiger partial charge in [-0.1, -0.05) is 20.8 Å². The molecule has 0 aromatic heterocycles. The molecule has 0 bridgehead atoms. The van der Waals surface area contributed by atoms with Crippen molar-refractivity contribution in [2.24, 2.45) is 5.92 Å². The molecule has 0 saturated carbocycles. The van der Waals surface area contributed by atoms with Crippen molar-refractivity contribution in [3.63, 3.8) is 0 Å². The molecular weight excluding hydrogens is 162 g/mol. The Morgan fingerprint density at radius 3 is 1.54 bits per heavy atom. The third kappa shape index (κ3) is 11.6. The summed E-state index contributed by atoms with van der Waals surface area (Å²) in [6.07, 6.45) is 0. The number of rotatable bonds is 3. The lowest BCUT2D eigenvalue weighted by atomic mass is 10.1. The van der Waals surface area contributed by atoms with Crippen molar-refractivity contribution < 1.29 is 4.79 Å². The van der Waals surface area contributed by atoms with Gasteiger partial charge in [-0.2, -0.15) is 0 Å². The molecule has 2 nitrogen and oxygen atoms in total. The topological polar surface area (TPSA) is 20.3 Å². The zero-order valence-electron chi connectivity index (χ0n) is 10.2. The van der Waals surface area contributed by atoms with E-state index in [4.69, 9.17) is 0 Å². The van der Waals surface area contributed by atoms with Gasteiger partial charge in [-0.3, -0.25) is 4.79 Å². The van der Waals surface area contributed by atoms with E-state index < -0.39 is 0 Å². The second-order valence-corrected chi connectivity index (χ2v) is 3.93. The van der Waals surface area contributed by atoms with E-state index in [0.717, 1.165) is 6.54 Å². The summed E-state index contributed by atoms with van der Waals surface area (Å²) in [6, 6.07) is 0.699. The summed E-state index contributed by atoms with van der Waals surface area (Å²) in [5, 5.41) is 0. The van der Waals surface area contributed by atoms with Gasteiger partial charge in [-0.05, 0) is 34.4 Å². The highest BCUT2D eigenvalue weighted by Crippen LogP contribution is 1.90. The average Bonchev–Trinajstić information content (AvgIpc) is 2.03. The smallest absolute Gasteiger partial charge is 0.132 e. The third-order valence-electron chi connectivity index (χ3n) is 2.19. The molecule has 0 fully saturated rings. The SMILES string of the molecule is CC(=O)C(C)C.CCN(C)C(C)C. The Labute approximate surface area is 83.3 Å². The second-order valence-electron chi connectivity index (χ2n) is 3.93. The summed E-state index contributed by atoms with van der Waals surface area (Å²) in [7, 11) is 2.13. The second kappa shape index (κ2) is 8.24. The third-order valence-corrected chi connectivity index (χ3v) is 2.19. The first-order chi connectivity index (χ1) is 5.82. The van der Waals surface area contributed by atoms with Crippen LogP contribution in [0.3, 0.4) is 0 Å². The van der Waals surface area contributed by atoms with E-state index in [1.54, 1.807) is 6.92 Å². The Morgan fingerprint density at radius 1 is 1.23 bits per heavy atom. The highest BCUT2D eigenvalue weighted by Gasteiger charge is 1.96. The van der Waals surface area contributed by atoms with Crippen LogP contribution in [0.4, 0.5) is 0 Å². The van der Waals surface area contributed by atoms with Gasteiger partial charge in [0.15, 0.2) is 0 Å². The molecule has 2 heteroatoms. The largest absolute Gasteiger partial charge is 0.304 e. The Hall–Kier alpha value is -0.370. The molecule has 0 radical (unpaired) electrons. The zero-order valence-corrected chi connectivity index (χ0v) is 10.2. The summed E-state index contributed by atoms with van der Waals surface area (Å²) >= 11 is 0. The molecule has 0 aliphatic rings. The maximum absolute atomic E-state index is 10.1. The van der Waals surface area contributed by atoms with Crippen LogP contribution in [0.25, 0.3) is 0 Å². The van der Waals surface area contributed by atoms with Crippen molar-refractivity contribution in [2.75, 3.05) is 13.6 Å². The normalized spacial score (nSPS) is 10.3. The van der Waals surface area contributed by atoms with Gasteiger partial charge in [0.25, 0.3) is 0 Å². The van der Waals surface area contributed by atoms with Gasteiger partial charge < -0.3 is 4.90 Å². The van der Waals surface area contributed by atoms with Gasteiger partial charge in [0, 0.05) is 12.0 Å². The molecule has 0 unspecified atom stereocenters. The lowest BCUT2D eigenvalue weighted by Crippen LogP contribution is -2.25. The quantitative estimate of drug-likeness (QED) is 0.677. The molecule has 0 amide bonds. The van der Waals surface area contributed by atoms with Gasteiger partial charge in [0.2, 0.25) is 0 Å². The van der Waals surface area contributed by atoms with Crippen molar-refractivity contribution >= 4 is 5.78 Å². The summed E-state index contributed by atoms with van der Waals surface area (Å²) < 4.78 is 0. The molecule has 0 aromatic carbocycles. The number of ketones is 1. The molecule has 0 rings (SSSR count). The highest BCUT2D eigenvalue weighted by atomic mass is 16.1. The predicted octanol–water partition coefficient (Wildman–Crippen LogP) is 2.58. The van der Waals surface area contributed by atoms with Crippen LogP contribution in [0, 0.1) is 5.92 Å². The monoisotopic (exact) mass is 187 g/mol. The number of hydrogen-bond donors (Lipinski definition) is 0. The van der Waals surface area contributed by atoms with Crippen molar-refractivity contribution in [3.05, 3.63) is 0 Å². The summed E-state index contributed by atoms with van der Waals surface area (Å²) in [5.41, 5.74) is 0. The number of carbonyl (C=O) groups is 1. The maximum atomic E-state index is 10.1. The van der Waals surface area contributed by atoms with Gasteiger partial charge in [-0.15, -0.1) is 0 Å². The van der Waals surface area contributed by atoms with E-state index >= 15 is 0 Å². The first kappa shape index (κ1) is 15.1. The van der Waals surface area contributed by atoms with Crippen molar-refractivity contribution in [3.8, 4) is 0 Å². The molecule has 0 aromatic rings. The van der Waals surface area contributed by atoms with Crippen LogP contribution in [0.1, 0.15) is 41.5 Å². The number of nitrogens with zero attached hydrogens (tertiary/aromatic N) is 1. The first-order valence-electron chi connectivity index (χ1n) is 5.03. The number of carbonyl (C=O) groups excluding carboxylic acids is 1. The van der Waals surface area contributed by atoms with E-state index in [0.29, 0.717) is 6.04 Å².